The standard InChI is InChI=1S/C24H25NO5/c1-4-29-22(27)24(23(28)30-5-2)15-19(21(26)18-9-7-6-8-10-18)20(25-24)17-13-11-16(3)12-14-17/h6-15,20,25H,4-5H2,1-3H3/t20-/m1/s1. The first kappa shape index (κ1) is 21.5. The minimum absolute atomic E-state index is 0.0900. The van der Waals surface area contributed by atoms with Gasteiger partial charge in [-0.05, 0) is 32.4 Å². The van der Waals surface area contributed by atoms with Crippen LogP contribution in [0.3, 0.4) is 0 Å². The van der Waals surface area contributed by atoms with Gasteiger partial charge in [-0.1, -0.05) is 60.2 Å². The fraction of sp³-hybridized carbons (Fsp3) is 0.292. The maximum absolute atomic E-state index is 13.3. The minimum Gasteiger partial charge on any atom is -0.464 e. The van der Waals surface area contributed by atoms with Crippen molar-refractivity contribution in [1.82, 2.24) is 5.32 Å². The van der Waals surface area contributed by atoms with E-state index in [1.54, 1.807) is 38.1 Å². The Morgan fingerprint density at radius 3 is 2.00 bits per heavy atom. The molecular weight excluding hydrogens is 382 g/mol. The van der Waals surface area contributed by atoms with Crippen molar-refractivity contribution in [2.24, 2.45) is 0 Å². The van der Waals surface area contributed by atoms with Crippen molar-refractivity contribution in [2.75, 3.05) is 13.2 Å². The molecule has 0 saturated carbocycles. The molecule has 0 amide bonds. The van der Waals surface area contributed by atoms with Gasteiger partial charge in [-0.15, -0.1) is 0 Å². The van der Waals surface area contributed by atoms with Crippen LogP contribution in [0.25, 0.3) is 0 Å². The highest BCUT2D eigenvalue weighted by molar-refractivity contribution is 6.15. The van der Waals surface area contributed by atoms with Crippen LogP contribution in [0.2, 0.25) is 0 Å². The number of carbonyl (C=O) groups is 3. The van der Waals surface area contributed by atoms with Gasteiger partial charge in [0, 0.05) is 11.1 Å². The molecule has 0 radical (unpaired) electrons. The average molecular weight is 407 g/mol. The van der Waals surface area contributed by atoms with Gasteiger partial charge in [-0.2, -0.15) is 0 Å². The molecular formula is C24H25NO5. The molecule has 1 atom stereocenters. The predicted molar refractivity (Wildman–Crippen MR) is 112 cm³/mol. The third-order valence-electron chi connectivity index (χ3n) is 4.96. The van der Waals surface area contributed by atoms with E-state index in [1.807, 2.05) is 37.3 Å². The highest BCUT2D eigenvalue weighted by atomic mass is 16.6. The zero-order chi connectivity index (χ0) is 21.7. The van der Waals surface area contributed by atoms with Crippen LogP contribution in [0.5, 0.6) is 0 Å². The molecule has 0 aromatic heterocycles. The molecule has 2 aromatic rings. The van der Waals surface area contributed by atoms with Crippen LogP contribution in [0.4, 0.5) is 0 Å². The van der Waals surface area contributed by atoms with Crippen LogP contribution in [-0.2, 0) is 19.1 Å². The lowest BCUT2D eigenvalue weighted by atomic mass is 9.93. The lowest BCUT2D eigenvalue weighted by Crippen LogP contribution is -2.56. The van der Waals surface area contributed by atoms with Gasteiger partial charge in [0.25, 0.3) is 0 Å². The maximum Gasteiger partial charge on any atom is 0.342 e. The smallest absolute Gasteiger partial charge is 0.342 e. The number of carbonyl (C=O) groups excluding carboxylic acids is 3. The molecule has 0 unspecified atom stereocenters. The van der Waals surface area contributed by atoms with E-state index in [9.17, 15) is 14.4 Å². The Labute approximate surface area is 175 Å². The second-order valence-corrected chi connectivity index (χ2v) is 7.03. The van der Waals surface area contributed by atoms with E-state index in [0.717, 1.165) is 11.1 Å². The number of ketones is 1. The monoisotopic (exact) mass is 407 g/mol. The molecule has 0 bridgehead atoms. The van der Waals surface area contributed by atoms with Crippen molar-refractivity contribution < 1.29 is 23.9 Å². The summed E-state index contributed by atoms with van der Waals surface area (Å²) in [5, 5.41) is 3.05. The van der Waals surface area contributed by atoms with Crippen molar-refractivity contribution in [1.29, 1.82) is 0 Å². The minimum atomic E-state index is -1.89. The molecule has 6 nitrogen and oxygen atoms in total. The molecule has 1 N–H and O–H groups in total. The fourth-order valence-electron chi connectivity index (χ4n) is 3.45. The van der Waals surface area contributed by atoms with E-state index < -0.39 is 23.5 Å². The van der Waals surface area contributed by atoms with Gasteiger partial charge in [0.15, 0.2) is 5.78 Å². The average Bonchev–Trinajstić information content (AvgIpc) is 3.17. The molecule has 1 heterocycles. The van der Waals surface area contributed by atoms with Crippen LogP contribution < -0.4 is 5.32 Å². The predicted octanol–water partition coefficient (Wildman–Crippen LogP) is 3.31. The molecule has 156 valence electrons. The number of esters is 2. The number of aryl methyl sites for hydroxylation is 1. The van der Waals surface area contributed by atoms with Crippen molar-refractivity contribution in [2.45, 2.75) is 32.4 Å². The zero-order valence-electron chi connectivity index (χ0n) is 17.3. The van der Waals surface area contributed by atoms with Gasteiger partial charge in [0.1, 0.15) is 0 Å². The number of hydrogen-bond acceptors (Lipinski definition) is 6. The molecule has 0 spiro atoms. The molecule has 0 fully saturated rings. The molecule has 1 aliphatic heterocycles. The third kappa shape index (κ3) is 4.04. The van der Waals surface area contributed by atoms with Gasteiger partial charge in [0.2, 0.25) is 5.54 Å². The van der Waals surface area contributed by atoms with Crippen LogP contribution in [0.1, 0.15) is 41.4 Å². The number of ether oxygens (including phenoxy) is 2. The van der Waals surface area contributed by atoms with Crippen LogP contribution in [0, 0.1) is 6.92 Å². The Kier molecular flexibility index (Phi) is 6.47. The SMILES string of the molecule is CCOC(=O)C1(C(=O)OCC)C=C(C(=O)c2ccccc2)[C@@H](c2ccc(C)cc2)N1. The van der Waals surface area contributed by atoms with Crippen molar-refractivity contribution in [3.8, 4) is 0 Å². The van der Waals surface area contributed by atoms with Crippen LogP contribution in [-0.4, -0.2) is 36.5 Å². The molecule has 30 heavy (non-hydrogen) atoms. The zero-order valence-corrected chi connectivity index (χ0v) is 17.3. The molecule has 0 saturated heterocycles. The molecule has 3 rings (SSSR count). The molecule has 1 aliphatic rings. The van der Waals surface area contributed by atoms with E-state index in [2.05, 4.69) is 5.32 Å². The summed E-state index contributed by atoms with van der Waals surface area (Å²) in [4.78, 5) is 39.1. The Hall–Kier alpha value is -3.25. The first-order chi connectivity index (χ1) is 14.4. The Balaban J connectivity index is 2.13. The third-order valence-corrected chi connectivity index (χ3v) is 4.96. The number of Topliss-reactive ketones (excluding diaryl/α,β-unsaturated/α-hetero) is 1. The van der Waals surface area contributed by atoms with E-state index in [-0.39, 0.29) is 19.0 Å². The maximum atomic E-state index is 13.3. The Bertz CT molecular complexity index is 945. The fourth-order valence-corrected chi connectivity index (χ4v) is 3.45. The van der Waals surface area contributed by atoms with E-state index in [0.29, 0.717) is 11.1 Å². The highest BCUT2D eigenvalue weighted by Crippen LogP contribution is 2.36. The molecule has 2 aromatic carbocycles. The van der Waals surface area contributed by atoms with Crippen LogP contribution >= 0.6 is 0 Å². The summed E-state index contributed by atoms with van der Waals surface area (Å²) in [5.41, 5.74) is 0.684. The summed E-state index contributed by atoms with van der Waals surface area (Å²) in [5.74, 6) is -1.86. The van der Waals surface area contributed by atoms with Crippen LogP contribution in [0.15, 0.2) is 66.2 Å². The number of benzene rings is 2. The van der Waals surface area contributed by atoms with E-state index >= 15 is 0 Å². The first-order valence-electron chi connectivity index (χ1n) is 9.94. The lowest BCUT2D eigenvalue weighted by Gasteiger charge is -2.26. The number of rotatable bonds is 7. The topological polar surface area (TPSA) is 81.7 Å². The first-order valence-corrected chi connectivity index (χ1v) is 9.94. The van der Waals surface area contributed by atoms with Gasteiger partial charge in [-0.3, -0.25) is 10.1 Å². The summed E-state index contributed by atoms with van der Waals surface area (Å²) in [7, 11) is 0. The van der Waals surface area contributed by atoms with Gasteiger partial charge < -0.3 is 9.47 Å². The number of hydrogen-bond donors (Lipinski definition) is 1. The Morgan fingerprint density at radius 1 is 0.900 bits per heavy atom. The summed E-state index contributed by atoms with van der Waals surface area (Å²) >= 11 is 0. The summed E-state index contributed by atoms with van der Waals surface area (Å²) in [6.45, 7) is 5.45. The van der Waals surface area contributed by atoms with Crippen molar-refractivity contribution in [3.63, 3.8) is 0 Å². The van der Waals surface area contributed by atoms with E-state index in [4.69, 9.17) is 9.47 Å². The number of nitrogens with one attached hydrogen (secondary N) is 1. The second-order valence-electron chi connectivity index (χ2n) is 7.03. The molecule has 0 aliphatic carbocycles. The highest BCUT2D eigenvalue weighted by Gasteiger charge is 2.54. The van der Waals surface area contributed by atoms with Crippen molar-refractivity contribution >= 4 is 17.7 Å². The Morgan fingerprint density at radius 2 is 1.47 bits per heavy atom. The van der Waals surface area contributed by atoms with Gasteiger partial charge in [-0.25, -0.2) is 9.59 Å². The van der Waals surface area contributed by atoms with Gasteiger partial charge >= 0.3 is 11.9 Å². The van der Waals surface area contributed by atoms with Gasteiger partial charge in [0.05, 0.1) is 19.3 Å². The lowest BCUT2D eigenvalue weighted by molar-refractivity contribution is -0.162. The summed E-state index contributed by atoms with van der Waals surface area (Å²) in [6, 6.07) is 15.6. The van der Waals surface area contributed by atoms with Crippen molar-refractivity contribution in [3.05, 3.63) is 82.9 Å². The largest absolute Gasteiger partial charge is 0.464 e. The van der Waals surface area contributed by atoms with E-state index in [1.165, 1.54) is 6.08 Å². The quantitative estimate of drug-likeness (QED) is 0.431. The second kappa shape index (κ2) is 9.05. The molecule has 6 heteroatoms. The summed E-state index contributed by atoms with van der Waals surface area (Å²) in [6.07, 6.45) is 1.36. The normalized spacial score (nSPS) is 17.2. The summed E-state index contributed by atoms with van der Waals surface area (Å²) < 4.78 is 10.4.